The maximum atomic E-state index is 11.6. The highest BCUT2D eigenvalue weighted by molar-refractivity contribution is 7.16. The lowest BCUT2D eigenvalue weighted by molar-refractivity contribution is -0.122. The van der Waals surface area contributed by atoms with Crippen molar-refractivity contribution in [3.05, 3.63) is 0 Å². The van der Waals surface area contributed by atoms with Crippen molar-refractivity contribution in [3.8, 4) is 0 Å². The van der Waals surface area contributed by atoms with Gasteiger partial charge in [0, 0.05) is 13.6 Å². The van der Waals surface area contributed by atoms with Gasteiger partial charge in [0.25, 0.3) is 0 Å². The van der Waals surface area contributed by atoms with Crippen LogP contribution >= 0.6 is 9.24 Å². The molecule has 0 aliphatic carbocycles. The van der Waals surface area contributed by atoms with E-state index in [0.29, 0.717) is 19.8 Å². The molecular weight excluding hydrogens is 267 g/mol. The number of likely N-dealkylation sites (N-methyl/N-ethyl adjacent to an activating group) is 1. The first kappa shape index (κ1) is 18.1. The van der Waals surface area contributed by atoms with Crippen LogP contribution in [0.2, 0.25) is 0 Å². The number of ether oxygens (including phenoxy) is 2. The Morgan fingerprint density at radius 2 is 1.89 bits per heavy atom. The standard InChI is InChI=1S/C12H25N2O4P/c1-12(2,3)18-11(16)14(4)9-10(15)13-5-6-17-7-8-19/h5-9,19H2,1-4H3,(H,13,15). The summed E-state index contributed by atoms with van der Waals surface area (Å²) in [4.78, 5) is 24.4. The Kier molecular flexibility index (Phi) is 8.68. The molecule has 0 fully saturated rings. The number of nitrogens with one attached hydrogen (secondary N) is 1. The molecule has 1 N–H and O–H groups in total. The van der Waals surface area contributed by atoms with E-state index < -0.39 is 11.7 Å². The molecule has 0 radical (unpaired) electrons. The van der Waals surface area contributed by atoms with E-state index in [4.69, 9.17) is 9.47 Å². The topological polar surface area (TPSA) is 67.9 Å². The Morgan fingerprint density at radius 1 is 1.26 bits per heavy atom. The fourth-order valence-electron chi connectivity index (χ4n) is 1.12. The summed E-state index contributed by atoms with van der Waals surface area (Å²) in [5, 5.41) is 2.67. The SMILES string of the molecule is CN(CC(=O)NCCOCCP)C(=O)OC(C)(C)C. The summed E-state index contributed by atoms with van der Waals surface area (Å²) in [6.45, 7) is 6.87. The monoisotopic (exact) mass is 292 g/mol. The van der Waals surface area contributed by atoms with E-state index in [1.807, 2.05) is 0 Å². The highest BCUT2D eigenvalue weighted by Gasteiger charge is 2.20. The van der Waals surface area contributed by atoms with Crippen LogP contribution in [-0.4, -0.2) is 62.0 Å². The Labute approximate surface area is 117 Å². The molecule has 0 aromatic heterocycles. The second kappa shape index (κ2) is 9.10. The number of carbonyl (C=O) groups excluding carboxylic acids is 2. The number of carbonyl (C=O) groups is 2. The van der Waals surface area contributed by atoms with E-state index in [9.17, 15) is 9.59 Å². The van der Waals surface area contributed by atoms with Crippen LogP contribution in [0.4, 0.5) is 4.79 Å². The van der Waals surface area contributed by atoms with Crippen LogP contribution in [0.5, 0.6) is 0 Å². The predicted molar refractivity (Wildman–Crippen MR) is 77.3 cm³/mol. The summed E-state index contributed by atoms with van der Waals surface area (Å²) in [5.74, 6) is -0.233. The van der Waals surface area contributed by atoms with Crippen LogP contribution in [0.15, 0.2) is 0 Å². The van der Waals surface area contributed by atoms with Gasteiger partial charge in [0.2, 0.25) is 5.91 Å². The first-order valence-corrected chi connectivity index (χ1v) is 7.06. The maximum Gasteiger partial charge on any atom is 0.410 e. The molecule has 19 heavy (non-hydrogen) atoms. The Morgan fingerprint density at radius 3 is 2.42 bits per heavy atom. The van der Waals surface area contributed by atoms with Crippen molar-refractivity contribution in [2.45, 2.75) is 26.4 Å². The van der Waals surface area contributed by atoms with E-state index in [2.05, 4.69) is 14.6 Å². The number of rotatable bonds is 7. The molecule has 6 nitrogen and oxygen atoms in total. The lowest BCUT2D eigenvalue weighted by atomic mass is 10.2. The molecule has 7 heteroatoms. The van der Waals surface area contributed by atoms with Gasteiger partial charge in [0.05, 0.1) is 13.2 Å². The molecule has 0 saturated carbocycles. The Balaban J connectivity index is 3.83. The molecule has 0 rings (SSSR count). The second-order valence-corrected chi connectivity index (χ2v) is 5.66. The average molecular weight is 292 g/mol. The van der Waals surface area contributed by atoms with E-state index in [-0.39, 0.29) is 12.5 Å². The normalized spacial score (nSPS) is 11.0. The van der Waals surface area contributed by atoms with Crippen molar-refractivity contribution < 1.29 is 19.1 Å². The summed E-state index contributed by atoms with van der Waals surface area (Å²) in [6.07, 6.45) is 0.358. The zero-order valence-corrected chi connectivity index (χ0v) is 13.3. The molecule has 0 aromatic rings. The third-order valence-electron chi connectivity index (χ3n) is 1.92. The molecule has 0 aromatic carbocycles. The van der Waals surface area contributed by atoms with Gasteiger partial charge in [-0.25, -0.2) is 4.79 Å². The molecule has 1 atom stereocenters. The minimum Gasteiger partial charge on any atom is -0.444 e. The predicted octanol–water partition coefficient (Wildman–Crippen LogP) is 0.861. The van der Waals surface area contributed by atoms with Gasteiger partial charge >= 0.3 is 6.09 Å². The van der Waals surface area contributed by atoms with Crippen LogP contribution < -0.4 is 5.32 Å². The van der Waals surface area contributed by atoms with Crippen LogP contribution in [0.25, 0.3) is 0 Å². The van der Waals surface area contributed by atoms with Crippen molar-refractivity contribution in [2.75, 3.05) is 39.5 Å². The van der Waals surface area contributed by atoms with Crippen molar-refractivity contribution in [1.82, 2.24) is 10.2 Å². The number of hydrogen-bond acceptors (Lipinski definition) is 4. The van der Waals surface area contributed by atoms with Crippen LogP contribution in [0.1, 0.15) is 20.8 Å². The third-order valence-corrected chi connectivity index (χ3v) is 2.15. The first-order chi connectivity index (χ1) is 8.76. The molecule has 0 bridgehead atoms. The van der Waals surface area contributed by atoms with Gasteiger partial charge in [-0.2, -0.15) is 0 Å². The minimum atomic E-state index is -0.562. The summed E-state index contributed by atoms with van der Waals surface area (Å²) in [7, 11) is 4.09. The lowest BCUT2D eigenvalue weighted by Gasteiger charge is -2.24. The highest BCUT2D eigenvalue weighted by Crippen LogP contribution is 2.08. The molecule has 0 heterocycles. The molecule has 112 valence electrons. The van der Waals surface area contributed by atoms with Gasteiger partial charge in [0.15, 0.2) is 0 Å². The first-order valence-electron chi connectivity index (χ1n) is 6.25. The number of amides is 2. The van der Waals surface area contributed by atoms with E-state index in [1.54, 1.807) is 20.8 Å². The molecule has 0 spiro atoms. The van der Waals surface area contributed by atoms with E-state index in [1.165, 1.54) is 11.9 Å². The molecular formula is C12H25N2O4P. The molecule has 2 amide bonds. The highest BCUT2D eigenvalue weighted by atomic mass is 31.0. The average Bonchev–Trinajstić information content (AvgIpc) is 2.26. The molecule has 1 unspecified atom stereocenters. The van der Waals surface area contributed by atoms with Crippen molar-refractivity contribution in [2.24, 2.45) is 0 Å². The second-order valence-electron chi connectivity index (χ2n) is 5.09. The van der Waals surface area contributed by atoms with Crippen molar-refractivity contribution in [1.29, 1.82) is 0 Å². The number of nitrogens with zero attached hydrogens (tertiary/aromatic N) is 1. The zero-order valence-electron chi connectivity index (χ0n) is 12.2. The fraction of sp³-hybridized carbons (Fsp3) is 0.833. The summed E-state index contributed by atoms with van der Waals surface area (Å²) < 4.78 is 10.3. The Bertz CT molecular complexity index is 292. The maximum absolute atomic E-state index is 11.6. The van der Waals surface area contributed by atoms with Crippen LogP contribution in [0.3, 0.4) is 0 Å². The summed E-state index contributed by atoms with van der Waals surface area (Å²) in [5.41, 5.74) is -0.562. The summed E-state index contributed by atoms with van der Waals surface area (Å²) in [6, 6.07) is 0. The van der Waals surface area contributed by atoms with Gasteiger partial charge < -0.3 is 19.7 Å². The van der Waals surface area contributed by atoms with Gasteiger partial charge in [-0.3, -0.25) is 4.79 Å². The molecule has 0 aliphatic heterocycles. The number of hydrogen-bond donors (Lipinski definition) is 1. The quantitative estimate of drug-likeness (QED) is 0.558. The fourth-order valence-corrected chi connectivity index (χ4v) is 1.29. The van der Waals surface area contributed by atoms with Crippen LogP contribution in [-0.2, 0) is 14.3 Å². The van der Waals surface area contributed by atoms with Crippen molar-refractivity contribution >= 4 is 21.2 Å². The van der Waals surface area contributed by atoms with Gasteiger partial charge in [0.1, 0.15) is 12.1 Å². The smallest absolute Gasteiger partial charge is 0.410 e. The largest absolute Gasteiger partial charge is 0.444 e. The molecule has 0 aliphatic rings. The summed E-state index contributed by atoms with van der Waals surface area (Å²) >= 11 is 0. The minimum absolute atomic E-state index is 0.0292. The van der Waals surface area contributed by atoms with Crippen molar-refractivity contribution in [3.63, 3.8) is 0 Å². The van der Waals surface area contributed by atoms with E-state index >= 15 is 0 Å². The van der Waals surface area contributed by atoms with Gasteiger partial charge in [-0.05, 0) is 26.9 Å². The van der Waals surface area contributed by atoms with Crippen LogP contribution in [0, 0.1) is 0 Å². The third kappa shape index (κ3) is 10.7. The van der Waals surface area contributed by atoms with E-state index in [0.717, 1.165) is 6.16 Å². The van der Waals surface area contributed by atoms with Gasteiger partial charge in [-0.1, -0.05) is 0 Å². The lowest BCUT2D eigenvalue weighted by Crippen LogP contribution is -2.41. The Hall–Kier alpha value is -0.870. The van der Waals surface area contributed by atoms with Gasteiger partial charge in [-0.15, -0.1) is 9.24 Å². The zero-order chi connectivity index (χ0) is 14.9. The molecule has 0 saturated heterocycles.